The Morgan fingerprint density at radius 2 is 1.65 bits per heavy atom. The number of benzene rings is 2. The van der Waals surface area contributed by atoms with Crippen LogP contribution in [0, 0.1) is 0 Å². The summed E-state index contributed by atoms with van der Waals surface area (Å²) in [7, 11) is 0. The lowest BCUT2D eigenvalue weighted by Gasteiger charge is -2.22. The minimum absolute atomic E-state index is 0.312. The summed E-state index contributed by atoms with van der Waals surface area (Å²) in [5, 5.41) is 4.45. The van der Waals surface area contributed by atoms with Crippen molar-refractivity contribution in [3.63, 3.8) is 0 Å². The van der Waals surface area contributed by atoms with Crippen LogP contribution in [0.15, 0.2) is 48.5 Å². The van der Waals surface area contributed by atoms with Gasteiger partial charge in [-0.05, 0) is 41.7 Å². The molecule has 2 aromatic carbocycles. The molecule has 0 aliphatic carbocycles. The highest BCUT2D eigenvalue weighted by Crippen LogP contribution is 2.29. The van der Waals surface area contributed by atoms with Crippen molar-refractivity contribution < 1.29 is 0 Å². The molecule has 0 bridgehead atoms. The summed E-state index contributed by atoms with van der Waals surface area (Å²) in [6.07, 6.45) is 1.04. The molecule has 1 N–H and O–H groups in total. The van der Waals surface area contributed by atoms with Crippen LogP contribution >= 0.6 is 11.6 Å². The summed E-state index contributed by atoms with van der Waals surface area (Å²) in [5.74, 6) is 0.515. The van der Waals surface area contributed by atoms with Crippen LogP contribution in [-0.2, 0) is 0 Å². The molecule has 0 aliphatic heterocycles. The van der Waals surface area contributed by atoms with E-state index in [9.17, 15) is 0 Å². The van der Waals surface area contributed by atoms with E-state index in [0.29, 0.717) is 12.0 Å². The molecule has 2 aromatic rings. The van der Waals surface area contributed by atoms with E-state index in [1.165, 1.54) is 16.8 Å². The highest BCUT2D eigenvalue weighted by atomic mass is 35.5. The Morgan fingerprint density at radius 3 is 2.25 bits per heavy atom. The molecule has 0 heterocycles. The zero-order valence-corrected chi connectivity index (χ0v) is 13.1. The molecular weight excluding hydrogens is 266 g/mol. The Labute approximate surface area is 127 Å². The van der Waals surface area contributed by atoms with Gasteiger partial charge in [-0.2, -0.15) is 0 Å². The van der Waals surface area contributed by atoms with Gasteiger partial charge in [0.15, 0.2) is 0 Å². The molecule has 0 aliphatic rings. The second-order valence-corrected chi connectivity index (χ2v) is 5.84. The maximum Gasteiger partial charge on any atom is 0.0511 e. The summed E-state index contributed by atoms with van der Waals surface area (Å²) >= 11 is 5.97. The fourth-order valence-electron chi connectivity index (χ4n) is 2.44. The fraction of sp³-hybridized carbons (Fsp3) is 0.333. The van der Waals surface area contributed by atoms with Crippen molar-refractivity contribution in [3.05, 3.63) is 64.7 Å². The number of nitrogens with one attached hydrogen (secondary N) is 1. The molecule has 0 spiro atoms. The summed E-state index contributed by atoms with van der Waals surface area (Å²) in [6, 6.07) is 17.0. The minimum atomic E-state index is 0.312. The van der Waals surface area contributed by atoms with Crippen molar-refractivity contribution in [3.8, 4) is 0 Å². The van der Waals surface area contributed by atoms with Crippen molar-refractivity contribution in [2.75, 3.05) is 5.32 Å². The van der Waals surface area contributed by atoms with Gasteiger partial charge in [0, 0.05) is 10.7 Å². The monoisotopic (exact) mass is 287 g/mol. The number of halogens is 1. The first-order chi connectivity index (χ1) is 9.61. The number of hydrogen-bond donors (Lipinski definition) is 1. The van der Waals surface area contributed by atoms with Gasteiger partial charge in [0.2, 0.25) is 0 Å². The zero-order chi connectivity index (χ0) is 14.5. The van der Waals surface area contributed by atoms with Crippen LogP contribution in [0.25, 0.3) is 0 Å². The minimum Gasteiger partial charge on any atom is -0.378 e. The van der Waals surface area contributed by atoms with E-state index >= 15 is 0 Å². The van der Waals surface area contributed by atoms with E-state index in [4.69, 9.17) is 11.6 Å². The summed E-state index contributed by atoms with van der Waals surface area (Å²) in [6.45, 7) is 6.65. The Hall–Kier alpha value is -1.47. The molecule has 1 unspecified atom stereocenters. The highest BCUT2D eigenvalue weighted by molar-refractivity contribution is 6.30. The molecule has 0 aromatic heterocycles. The molecule has 1 nitrogen and oxygen atoms in total. The molecule has 20 heavy (non-hydrogen) atoms. The number of rotatable bonds is 5. The molecule has 0 fully saturated rings. The molecule has 0 saturated carbocycles. The van der Waals surface area contributed by atoms with Gasteiger partial charge in [0.25, 0.3) is 0 Å². The Kier molecular flexibility index (Phi) is 5.08. The van der Waals surface area contributed by atoms with Gasteiger partial charge in [-0.3, -0.25) is 0 Å². The van der Waals surface area contributed by atoms with Crippen molar-refractivity contribution in [1.29, 1.82) is 0 Å². The van der Waals surface area contributed by atoms with Gasteiger partial charge >= 0.3 is 0 Å². The molecule has 106 valence electrons. The normalized spacial score (nSPS) is 12.4. The first-order valence-corrected chi connectivity index (χ1v) is 7.60. The van der Waals surface area contributed by atoms with E-state index in [0.717, 1.165) is 11.4 Å². The summed E-state index contributed by atoms with van der Waals surface area (Å²) < 4.78 is 0. The molecule has 1 atom stereocenters. The predicted molar refractivity (Wildman–Crippen MR) is 88.6 cm³/mol. The number of para-hydroxylation sites is 1. The van der Waals surface area contributed by atoms with Crippen molar-refractivity contribution >= 4 is 17.3 Å². The van der Waals surface area contributed by atoms with Gasteiger partial charge in [-0.15, -0.1) is 0 Å². The SMILES string of the molecule is CCC(Nc1ccccc1C(C)C)c1ccc(Cl)cc1. The second-order valence-electron chi connectivity index (χ2n) is 5.40. The lowest BCUT2D eigenvalue weighted by atomic mass is 9.99. The Bertz CT molecular complexity index is 546. The van der Waals surface area contributed by atoms with Crippen LogP contribution in [-0.4, -0.2) is 0 Å². The van der Waals surface area contributed by atoms with E-state index in [1.54, 1.807) is 0 Å². The number of anilines is 1. The molecule has 0 saturated heterocycles. The maximum absolute atomic E-state index is 5.97. The van der Waals surface area contributed by atoms with Crippen LogP contribution in [0.5, 0.6) is 0 Å². The first-order valence-electron chi connectivity index (χ1n) is 7.22. The van der Waals surface area contributed by atoms with Crippen LogP contribution in [0.2, 0.25) is 5.02 Å². The summed E-state index contributed by atoms with van der Waals surface area (Å²) in [5.41, 5.74) is 3.86. The smallest absolute Gasteiger partial charge is 0.0511 e. The Morgan fingerprint density at radius 1 is 1.00 bits per heavy atom. The molecule has 2 rings (SSSR count). The quantitative estimate of drug-likeness (QED) is 0.708. The molecule has 2 heteroatoms. The fourth-order valence-corrected chi connectivity index (χ4v) is 2.56. The van der Waals surface area contributed by atoms with E-state index in [2.05, 4.69) is 62.5 Å². The Balaban J connectivity index is 2.24. The van der Waals surface area contributed by atoms with Crippen LogP contribution in [0.3, 0.4) is 0 Å². The van der Waals surface area contributed by atoms with Gasteiger partial charge < -0.3 is 5.32 Å². The van der Waals surface area contributed by atoms with E-state index < -0.39 is 0 Å². The molecule has 0 radical (unpaired) electrons. The van der Waals surface area contributed by atoms with Crippen molar-refractivity contribution in [1.82, 2.24) is 0 Å². The average molecular weight is 288 g/mol. The lowest BCUT2D eigenvalue weighted by Crippen LogP contribution is -2.11. The lowest BCUT2D eigenvalue weighted by molar-refractivity contribution is 0.743. The number of hydrogen-bond acceptors (Lipinski definition) is 1. The predicted octanol–water partition coefficient (Wildman–Crippen LogP) is 6.03. The third kappa shape index (κ3) is 3.55. The van der Waals surface area contributed by atoms with Crippen LogP contribution < -0.4 is 5.32 Å². The van der Waals surface area contributed by atoms with Gasteiger partial charge in [-0.25, -0.2) is 0 Å². The van der Waals surface area contributed by atoms with Crippen molar-refractivity contribution in [2.24, 2.45) is 0 Å². The van der Waals surface area contributed by atoms with Gasteiger partial charge in [-0.1, -0.05) is 62.7 Å². The van der Waals surface area contributed by atoms with E-state index in [1.807, 2.05) is 12.1 Å². The molecular formula is C18H22ClN. The standard InChI is InChI=1S/C18H22ClN/c1-4-17(14-9-11-15(19)12-10-14)20-18-8-6-5-7-16(18)13(2)3/h5-13,17,20H,4H2,1-3H3. The van der Waals surface area contributed by atoms with Crippen LogP contribution in [0.1, 0.15) is 50.3 Å². The van der Waals surface area contributed by atoms with Gasteiger partial charge in [0.05, 0.1) is 6.04 Å². The van der Waals surface area contributed by atoms with E-state index in [-0.39, 0.29) is 0 Å². The topological polar surface area (TPSA) is 12.0 Å². The van der Waals surface area contributed by atoms with Gasteiger partial charge in [0.1, 0.15) is 0 Å². The highest BCUT2D eigenvalue weighted by Gasteiger charge is 2.12. The summed E-state index contributed by atoms with van der Waals surface area (Å²) in [4.78, 5) is 0. The zero-order valence-electron chi connectivity index (χ0n) is 12.4. The second kappa shape index (κ2) is 6.81. The first kappa shape index (κ1) is 14.9. The third-order valence-electron chi connectivity index (χ3n) is 3.59. The molecule has 0 amide bonds. The average Bonchev–Trinajstić information content (AvgIpc) is 2.46. The largest absolute Gasteiger partial charge is 0.378 e. The third-order valence-corrected chi connectivity index (χ3v) is 3.85. The van der Waals surface area contributed by atoms with Crippen LogP contribution in [0.4, 0.5) is 5.69 Å². The maximum atomic E-state index is 5.97. The van der Waals surface area contributed by atoms with Crippen molar-refractivity contribution in [2.45, 2.75) is 39.2 Å².